The molecule has 6 N–H and O–H groups in total. The van der Waals surface area contributed by atoms with Gasteiger partial charge in [-0.1, -0.05) is 0 Å². The Balaban J connectivity index is 0.00000441. The van der Waals surface area contributed by atoms with Crippen molar-refractivity contribution >= 4 is 16.0 Å². The molecule has 6 nitrogen and oxygen atoms in total. The average molecular weight is 353 g/mol. The van der Waals surface area contributed by atoms with Crippen molar-refractivity contribution in [1.29, 1.82) is 0 Å². The molecule has 0 aromatic heterocycles. The standard InChI is InChI=1S/C9H7F6N3O2S.H2O/c10-8(11,12)4-1-5(9(13,14)15)3-6(2-4)21(19,20)18-7(16)17;/h1-3H,(H4,16,17,18);1H2. The third-order valence-electron chi connectivity index (χ3n) is 2.08. The van der Waals surface area contributed by atoms with Crippen molar-refractivity contribution in [3.05, 3.63) is 29.3 Å². The Morgan fingerprint density at radius 1 is 0.909 bits per heavy atom. The second-order valence-corrected chi connectivity index (χ2v) is 5.34. The number of rotatable bonds is 2. The van der Waals surface area contributed by atoms with Crippen molar-refractivity contribution in [3.63, 3.8) is 0 Å². The van der Waals surface area contributed by atoms with Crippen molar-refractivity contribution in [2.75, 3.05) is 0 Å². The Hall–Kier alpha value is -2.02. The predicted octanol–water partition coefficient (Wildman–Crippen LogP) is 0.862. The monoisotopic (exact) mass is 353 g/mol. The lowest BCUT2D eigenvalue weighted by Gasteiger charge is -2.13. The lowest BCUT2D eigenvalue weighted by molar-refractivity contribution is -0.143. The number of halogens is 6. The smallest absolute Gasteiger partial charge is 0.412 e. The molecule has 0 heterocycles. The van der Waals surface area contributed by atoms with Crippen molar-refractivity contribution in [2.24, 2.45) is 15.9 Å². The summed E-state index contributed by atoms with van der Waals surface area (Å²) in [5.41, 5.74) is 5.96. The zero-order valence-electron chi connectivity index (χ0n) is 10.3. The van der Waals surface area contributed by atoms with Gasteiger partial charge in [0.25, 0.3) is 10.0 Å². The van der Waals surface area contributed by atoms with Crippen LogP contribution in [0.2, 0.25) is 0 Å². The molecule has 0 aliphatic heterocycles. The van der Waals surface area contributed by atoms with Crippen LogP contribution >= 0.6 is 0 Å². The van der Waals surface area contributed by atoms with Gasteiger partial charge in [-0.2, -0.15) is 34.8 Å². The van der Waals surface area contributed by atoms with E-state index in [-0.39, 0.29) is 23.7 Å². The van der Waals surface area contributed by atoms with E-state index in [1.807, 2.05) is 0 Å². The number of nitrogens with zero attached hydrogens (tertiary/aromatic N) is 1. The lowest BCUT2D eigenvalue weighted by atomic mass is 10.1. The van der Waals surface area contributed by atoms with Crippen LogP contribution in [0.4, 0.5) is 26.3 Å². The average Bonchev–Trinajstić information content (AvgIpc) is 2.24. The normalized spacial score (nSPS) is 12.5. The van der Waals surface area contributed by atoms with Crippen LogP contribution in [-0.2, 0) is 22.4 Å². The van der Waals surface area contributed by atoms with E-state index in [1.165, 1.54) is 0 Å². The predicted molar refractivity (Wildman–Crippen MR) is 63.1 cm³/mol. The zero-order chi connectivity index (χ0) is 16.6. The highest BCUT2D eigenvalue weighted by atomic mass is 32.2. The van der Waals surface area contributed by atoms with Gasteiger partial charge in [0.1, 0.15) is 0 Å². The minimum absolute atomic E-state index is 0. The fraction of sp³-hybridized carbons (Fsp3) is 0.222. The molecule has 126 valence electrons. The van der Waals surface area contributed by atoms with E-state index < -0.39 is 44.4 Å². The molecule has 0 bridgehead atoms. The van der Waals surface area contributed by atoms with Crippen molar-refractivity contribution < 1.29 is 40.2 Å². The molecule has 0 spiro atoms. The van der Waals surface area contributed by atoms with Gasteiger partial charge in [0.15, 0.2) is 0 Å². The summed E-state index contributed by atoms with van der Waals surface area (Å²) in [5.74, 6) is -1.03. The highest BCUT2D eigenvalue weighted by molar-refractivity contribution is 7.90. The number of guanidine groups is 1. The number of nitrogens with two attached hydrogens (primary N) is 2. The molecule has 0 amide bonds. The second kappa shape index (κ2) is 6.00. The summed E-state index contributed by atoms with van der Waals surface area (Å²) < 4.78 is 101. The van der Waals surface area contributed by atoms with E-state index in [2.05, 4.69) is 4.40 Å². The van der Waals surface area contributed by atoms with Gasteiger partial charge >= 0.3 is 12.4 Å². The Morgan fingerprint density at radius 3 is 1.55 bits per heavy atom. The minimum atomic E-state index is -5.18. The lowest BCUT2D eigenvalue weighted by Crippen LogP contribution is -2.24. The minimum Gasteiger partial charge on any atom is -0.412 e. The van der Waals surface area contributed by atoms with Crippen LogP contribution in [0.25, 0.3) is 0 Å². The number of benzene rings is 1. The van der Waals surface area contributed by atoms with Gasteiger partial charge in [-0.15, -0.1) is 4.40 Å². The molecule has 1 aromatic rings. The molecule has 0 atom stereocenters. The topological polar surface area (TPSA) is 130 Å². The third-order valence-corrected chi connectivity index (χ3v) is 3.37. The molecular formula is C9H9F6N3O3S. The first-order valence-corrected chi connectivity index (χ1v) is 6.33. The Morgan fingerprint density at radius 2 is 1.27 bits per heavy atom. The third kappa shape index (κ3) is 4.77. The largest absolute Gasteiger partial charge is 0.416 e. The van der Waals surface area contributed by atoms with E-state index in [4.69, 9.17) is 11.5 Å². The SMILES string of the molecule is NC(N)=NS(=O)(=O)c1cc(C(F)(F)F)cc(C(F)(F)F)c1.O. The van der Waals surface area contributed by atoms with Gasteiger partial charge in [0.2, 0.25) is 5.96 Å². The number of sulfonamides is 1. The van der Waals surface area contributed by atoms with Crippen LogP contribution in [0, 0.1) is 0 Å². The summed E-state index contributed by atoms with van der Waals surface area (Å²) >= 11 is 0. The Bertz CT molecular complexity index is 645. The molecule has 0 aliphatic rings. The second-order valence-electron chi connectivity index (χ2n) is 3.73. The summed E-state index contributed by atoms with van der Waals surface area (Å²) in [6.07, 6.45) is -10.4. The highest BCUT2D eigenvalue weighted by Crippen LogP contribution is 2.37. The fourth-order valence-corrected chi connectivity index (χ4v) is 2.20. The van der Waals surface area contributed by atoms with Crippen LogP contribution in [0.15, 0.2) is 27.5 Å². The summed E-state index contributed by atoms with van der Waals surface area (Å²) in [5, 5.41) is 0. The molecule has 0 radical (unpaired) electrons. The first-order chi connectivity index (χ1) is 9.23. The number of hydrogen-bond donors (Lipinski definition) is 2. The van der Waals surface area contributed by atoms with Gasteiger partial charge in [0.05, 0.1) is 16.0 Å². The van der Waals surface area contributed by atoms with Crippen molar-refractivity contribution in [3.8, 4) is 0 Å². The van der Waals surface area contributed by atoms with Gasteiger partial charge in [-0.3, -0.25) is 0 Å². The molecule has 0 aliphatic carbocycles. The molecule has 22 heavy (non-hydrogen) atoms. The van der Waals surface area contributed by atoms with Gasteiger partial charge in [0, 0.05) is 0 Å². The van der Waals surface area contributed by atoms with Crippen LogP contribution in [0.3, 0.4) is 0 Å². The summed E-state index contributed by atoms with van der Waals surface area (Å²) in [6.45, 7) is 0. The maximum atomic E-state index is 12.5. The highest BCUT2D eigenvalue weighted by Gasteiger charge is 2.38. The van der Waals surface area contributed by atoms with Crippen LogP contribution < -0.4 is 11.5 Å². The molecule has 0 unspecified atom stereocenters. The van der Waals surface area contributed by atoms with Gasteiger partial charge in [-0.05, 0) is 18.2 Å². The van der Waals surface area contributed by atoms with E-state index in [0.717, 1.165) is 0 Å². The van der Waals surface area contributed by atoms with Crippen LogP contribution in [0.1, 0.15) is 11.1 Å². The Labute approximate surface area is 119 Å². The van der Waals surface area contributed by atoms with Crippen LogP contribution in [-0.4, -0.2) is 19.9 Å². The van der Waals surface area contributed by atoms with E-state index >= 15 is 0 Å². The molecule has 1 rings (SSSR count). The zero-order valence-corrected chi connectivity index (χ0v) is 11.1. The molecule has 0 saturated carbocycles. The summed E-state index contributed by atoms with van der Waals surface area (Å²) in [6, 6.07) is -0.192. The van der Waals surface area contributed by atoms with Gasteiger partial charge in [-0.25, -0.2) is 0 Å². The molecule has 0 fully saturated rings. The quantitative estimate of drug-likeness (QED) is 0.464. The van der Waals surface area contributed by atoms with E-state index in [0.29, 0.717) is 0 Å². The van der Waals surface area contributed by atoms with Crippen molar-refractivity contribution in [2.45, 2.75) is 17.2 Å². The molecule has 0 saturated heterocycles. The summed E-state index contributed by atoms with van der Waals surface area (Å²) in [7, 11) is -4.89. The first-order valence-electron chi connectivity index (χ1n) is 4.89. The van der Waals surface area contributed by atoms with Gasteiger partial charge < -0.3 is 16.9 Å². The van der Waals surface area contributed by atoms with E-state index in [1.54, 1.807) is 0 Å². The molecular weight excluding hydrogens is 344 g/mol. The number of alkyl halides is 6. The maximum Gasteiger partial charge on any atom is 0.416 e. The summed E-state index contributed by atoms with van der Waals surface area (Å²) in [4.78, 5) is -1.32. The molecule has 1 aromatic carbocycles. The van der Waals surface area contributed by atoms with Crippen LogP contribution in [0.5, 0.6) is 0 Å². The molecule has 13 heteroatoms. The van der Waals surface area contributed by atoms with Crippen molar-refractivity contribution in [1.82, 2.24) is 0 Å². The number of hydrogen-bond acceptors (Lipinski definition) is 2. The Kier molecular flexibility index (Phi) is 5.45. The first kappa shape index (κ1) is 20.0. The van der Waals surface area contributed by atoms with E-state index in [9.17, 15) is 34.8 Å². The fourth-order valence-electron chi connectivity index (χ4n) is 1.27. The maximum absolute atomic E-state index is 12.5.